The fraction of sp³-hybridized carbons (Fsp3) is 0.286. The van der Waals surface area contributed by atoms with Gasteiger partial charge in [-0.25, -0.2) is 0 Å². The standard InChI is InChI=1S/C14H15N3O3S3/c1-3-21-10-7-5-4-6-9(10)12(19)15-13-16-17-14(23-13)22-8-11(18)20-2/h4-7H,3,8H2,1-2H3,(H,15,16,19). The molecule has 1 aromatic carbocycles. The van der Waals surface area contributed by atoms with Crippen LogP contribution in [-0.2, 0) is 9.53 Å². The maximum Gasteiger partial charge on any atom is 0.316 e. The number of aromatic nitrogens is 2. The topological polar surface area (TPSA) is 81.2 Å². The van der Waals surface area contributed by atoms with Crippen LogP contribution in [-0.4, -0.2) is 40.7 Å². The number of esters is 1. The van der Waals surface area contributed by atoms with E-state index in [4.69, 9.17) is 0 Å². The summed E-state index contributed by atoms with van der Waals surface area (Å²) in [6, 6.07) is 7.43. The van der Waals surface area contributed by atoms with Gasteiger partial charge in [-0.1, -0.05) is 42.2 Å². The fourth-order valence-electron chi connectivity index (χ4n) is 1.60. The van der Waals surface area contributed by atoms with Crippen molar-refractivity contribution in [1.29, 1.82) is 0 Å². The first-order valence-electron chi connectivity index (χ1n) is 6.70. The number of hydrogen-bond donors (Lipinski definition) is 1. The second-order valence-electron chi connectivity index (χ2n) is 4.12. The molecule has 9 heteroatoms. The quantitative estimate of drug-likeness (QED) is 0.456. The zero-order valence-electron chi connectivity index (χ0n) is 12.6. The molecular formula is C14H15N3O3S3. The summed E-state index contributed by atoms with van der Waals surface area (Å²) >= 11 is 4.06. The molecule has 0 saturated carbocycles. The molecule has 1 heterocycles. The first-order chi connectivity index (χ1) is 11.1. The van der Waals surface area contributed by atoms with Gasteiger partial charge in [-0.05, 0) is 17.9 Å². The molecule has 2 aromatic rings. The van der Waals surface area contributed by atoms with E-state index in [1.807, 2.05) is 25.1 Å². The smallest absolute Gasteiger partial charge is 0.316 e. The lowest BCUT2D eigenvalue weighted by Gasteiger charge is -2.06. The number of thioether (sulfide) groups is 2. The summed E-state index contributed by atoms with van der Waals surface area (Å²) in [5.41, 5.74) is 0.610. The molecule has 6 nitrogen and oxygen atoms in total. The maximum absolute atomic E-state index is 12.4. The van der Waals surface area contributed by atoms with Gasteiger partial charge in [0.2, 0.25) is 5.13 Å². The van der Waals surface area contributed by atoms with E-state index in [9.17, 15) is 9.59 Å². The third-order valence-electron chi connectivity index (χ3n) is 2.60. The van der Waals surface area contributed by atoms with Gasteiger partial charge < -0.3 is 4.74 Å². The Morgan fingerprint density at radius 2 is 2.04 bits per heavy atom. The monoisotopic (exact) mass is 369 g/mol. The zero-order chi connectivity index (χ0) is 16.7. The molecule has 122 valence electrons. The largest absolute Gasteiger partial charge is 0.468 e. The van der Waals surface area contributed by atoms with Crippen LogP contribution in [0.5, 0.6) is 0 Å². The summed E-state index contributed by atoms with van der Waals surface area (Å²) < 4.78 is 5.16. The molecule has 0 bridgehead atoms. The van der Waals surface area contributed by atoms with Crippen LogP contribution >= 0.6 is 34.9 Å². The molecule has 0 aliphatic rings. The highest BCUT2D eigenvalue weighted by molar-refractivity contribution is 8.01. The molecule has 0 aliphatic heterocycles. The molecule has 1 amide bonds. The SMILES string of the molecule is CCSc1ccccc1C(=O)Nc1nnc(SCC(=O)OC)s1. The lowest BCUT2D eigenvalue weighted by molar-refractivity contribution is -0.137. The summed E-state index contributed by atoms with van der Waals surface area (Å²) in [6.07, 6.45) is 0. The number of carbonyl (C=O) groups is 2. The Labute approximate surface area is 146 Å². The van der Waals surface area contributed by atoms with Crippen LogP contribution in [0.15, 0.2) is 33.5 Å². The molecule has 0 aliphatic carbocycles. The van der Waals surface area contributed by atoms with Crippen LogP contribution in [0.2, 0.25) is 0 Å². The van der Waals surface area contributed by atoms with Crippen LogP contribution < -0.4 is 5.32 Å². The van der Waals surface area contributed by atoms with Crippen molar-refractivity contribution in [3.8, 4) is 0 Å². The Hall–Kier alpha value is -1.58. The Balaban J connectivity index is 2.01. The van der Waals surface area contributed by atoms with Gasteiger partial charge in [-0.2, -0.15) is 0 Å². The highest BCUT2D eigenvalue weighted by Gasteiger charge is 2.14. The van der Waals surface area contributed by atoms with Crippen LogP contribution in [0, 0.1) is 0 Å². The van der Waals surface area contributed by atoms with E-state index in [-0.39, 0.29) is 17.6 Å². The normalized spacial score (nSPS) is 10.3. The molecule has 1 aromatic heterocycles. The first-order valence-corrected chi connectivity index (χ1v) is 9.49. The molecule has 0 atom stereocenters. The Morgan fingerprint density at radius 1 is 1.26 bits per heavy atom. The van der Waals surface area contributed by atoms with E-state index in [1.165, 1.54) is 30.2 Å². The maximum atomic E-state index is 12.4. The second-order valence-corrected chi connectivity index (χ2v) is 7.63. The Morgan fingerprint density at radius 3 is 2.78 bits per heavy atom. The van der Waals surface area contributed by atoms with Gasteiger partial charge in [0.1, 0.15) is 0 Å². The third kappa shape index (κ3) is 5.22. The van der Waals surface area contributed by atoms with Crippen LogP contribution in [0.1, 0.15) is 17.3 Å². The first kappa shape index (κ1) is 17.8. The molecule has 0 unspecified atom stereocenters. The predicted octanol–water partition coefficient (Wildman–Crippen LogP) is 3.17. The van der Waals surface area contributed by atoms with Gasteiger partial charge in [-0.15, -0.1) is 22.0 Å². The van der Waals surface area contributed by atoms with E-state index in [0.717, 1.165) is 10.6 Å². The van der Waals surface area contributed by atoms with Crippen LogP contribution in [0.4, 0.5) is 5.13 Å². The van der Waals surface area contributed by atoms with Crippen molar-refractivity contribution in [2.75, 3.05) is 23.9 Å². The molecule has 1 N–H and O–H groups in total. The lowest BCUT2D eigenvalue weighted by atomic mass is 10.2. The third-order valence-corrected chi connectivity index (χ3v) is 5.50. The zero-order valence-corrected chi connectivity index (χ0v) is 15.0. The summed E-state index contributed by atoms with van der Waals surface area (Å²) in [5, 5.41) is 11.0. The van der Waals surface area contributed by atoms with Gasteiger partial charge in [0.05, 0.1) is 18.4 Å². The van der Waals surface area contributed by atoms with Gasteiger partial charge in [-0.3, -0.25) is 14.9 Å². The number of nitrogens with one attached hydrogen (secondary N) is 1. The molecule has 0 fully saturated rings. The average molecular weight is 369 g/mol. The van der Waals surface area contributed by atoms with E-state index in [1.54, 1.807) is 17.8 Å². The highest BCUT2D eigenvalue weighted by atomic mass is 32.2. The summed E-state index contributed by atoms with van der Waals surface area (Å²) in [4.78, 5) is 24.4. The number of amides is 1. The molecule has 0 spiro atoms. The van der Waals surface area contributed by atoms with Crippen molar-refractivity contribution in [2.24, 2.45) is 0 Å². The number of rotatable bonds is 7. The van der Waals surface area contributed by atoms with E-state index < -0.39 is 0 Å². The van der Waals surface area contributed by atoms with E-state index >= 15 is 0 Å². The lowest BCUT2D eigenvalue weighted by Crippen LogP contribution is -2.12. The summed E-state index contributed by atoms with van der Waals surface area (Å²) in [6.45, 7) is 2.04. The minimum Gasteiger partial charge on any atom is -0.468 e. The highest BCUT2D eigenvalue weighted by Crippen LogP contribution is 2.27. The van der Waals surface area contributed by atoms with Crippen molar-refractivity contribution < 1.29 is 14.3 Å². The van der Waals surface area contributed by atoms with Crippen LogP contribution in [0.25, 0.3) is 0 Å². The number of carbonyl (C=O) groups excluding carboxylic acids is 2. The minimum absolute atomic E-state index is 0.162. The second kappa shape index (κ2) is 8.90. The van der Waals surface area contributed by atoms with Crippen molar-refractivity contribution in [3.05, 3.63) is 29.8 Å². The number of ether oxygens (including phenoxy) is 1. The average Bonchev–Trinajstić information content (AvgIpc) is 3.00. The molecular weight excluding hydrogens is 354 g/mol. The number of nitrogens with zero attached hydrogens (tertiary/aromatic N) is 2. The van der Waals surface area contributed by atoms with Crippen molar-refractivity contribution >= 4 is 51.9 Å². The van der Waals surface area contributed by atoms with Gasteiger partial charge in [0, 0.05) is 4.90 Å². The number of benzene rings is 1. The Bertz CT molecular complexity index is 691. The summed E-state index contributed by atoms with van der Waals surface area (Å²) in [5.74, 6) is 0.496. The number of hydrogen-bond acceptors (Lipinski definition) is 8. The van der Waals surface area contributed by atoms with Gasteiger partial charge in [0.25, 0.3) is 5.91 Å². The van der Waals surface area contributed by atoms with Gasteiger partial charge >= 0.3 is 5.97 Å². The molecule has 23 heavy (non-hydrogen) atoms. The van der Waals surface area contributed by atoms with Gasteiger partial charge in [0.15, 0.2) is 4.34 Å². The Kier molecular flexibility index (Phi) is 6.87. The van der Waals surface area contributed by atoms with Crippen molar-refractivity contribution in [1.82, 2.24) is 10.2 Å². The molecule has 0 saturated heterocycles. The van der Waals surface area contributed by atoms with Crippen molar-refractivity contribution in [3.63, 3.8) is 0 Å². The number of methoxy groups -OCH3 is 1. The fourth-order valence-corrected chi connectivity index (χ4v) is 3.98. The van der Waals surface area contributed by atoms with Crippen LogP contribution in [0.3, 0.4) is 0 Å². The van der Waals surface area contributed by atoms with E-state index in [2.05, 4.69) is 20.3 Å². The molecule has 2 rings (SSSR count). The van der Waals surface area contributed by atoms with Crippen molar-refractivity contribution in [2.45, 2.75) is 16.2 Å². The van der Waals surface area contributed by atoms with E-state index in [0.29, 0.717) is 15.0 Å². The molecule has 0 radical (unpaired) electrons. The number of anilines is 1. The summed E-state index contributed by atoms with van der Waals surface area (Å²) in [7, 11) is 1.33. The minimum atomic E-state index is -0.332. The predicted molar refractivity (Wildman–Crippen MR) is 93.4 cm³/mol.